The first kappa shape index (κ1) is 21.9. The second kappa shape index (κ2) is 7.65. The van der Waals surface area contributed by atoms with Gasteiger partial charge in [0.2, 0.25) is 10.0 Å². The van der Waals surface area contributed by atoms with Crippen molar-refractivity contribution in [2.75, 3.05) is 7.11 Å². The first-order chi connectivity index (χ1) is 14.5. The van der Waals surface area contributed by atoms with Crippen LogP contribution in [0.25, 0.3) is 10.2 Å². The highest BCUT2D eigenvalue weighted by molar-refractivity contribution is 7.89. The second-order valence-corrected chi connectivity index (χ2v) is 11.3. The Labute approximate surface area is 185 Å². The number of nitrogens with zero attached hydrogens (tertiary/aromatic N) is 1. The minimum atomic E-state index is -3.84. The summed E-state index contributed by atoms with van der Waals surface area (Å²) in [5, 5.41) is 0. The molecule has 1 aromatic heterocycles. The van der Waals surface area contributed by atoms with E-state index < -0.39 is 21.7 Å². The number of aromatic nitrogens is 1. The molecule has 31 heavy (non-hydrogen) atoms. The molecule has 0 radical (unpaired) electrons. The van der Waals surface area contributed by atoms with Crippen molar-refractivity contribution in [3.63, 3.8) is 0 Å². The van der Waals surface area contributed by atoms with E-state index in [4.69, 9.17) is 9.47 Å². The zero-order chi connectivity index (χ0) is 22.6. The van der Waals surface area contributed by atoms with E-state index >= 15 is 0 Å². The molecule has 1 unspecified atom stereocenters. The fourth-order valence-corrected chi connectivity index (χ4v) is 6.36. The van der Waals surface area contributed by atoms with Gasteiger partial charge in [0, 0.05) is 18.0 Å². The van der Waals surface area contributed by atoms with E-state index in [0.717, 1.165) is 22.4 Å². The van der Waals surface area contributed by atoms with Crippen molar-refractivity contribution >= 4 is 31.6 Å². The molecule has 0 saturated carbocycles. The average molecular weight is 463 g/mol. The summed E-state index contributed by atoms with van der Waals surface area (Å²) in [6.07, 6.45) is 0.464. The topological polar surface area (TPSA) is 86.6 Å². The van der Waals surface area contributed by atoms with Crippen molar-refractivity contribution < 1.29 is 17.9 Å². The highest BCUT2D eigenvalue weighted by atomic mass is 32.2. The lowest BCUT2D eigenvalue weighted by molar-refractivity contribution is 0.0700. The minimum absolute atomic E-state index is 0.00205. The number of benzene rings is 2. The summed E-state index contributed by atoms with van der Waals surface area (Å²) in [4.78, 5) is 12.4. The number of thiazole rings is 1. The van der Waals surface area contributed by atoms with Crippen LogP contribution in [-0.4, -0.2) is 25.7 Å². The Hall–Kier alpha value is -2.36. The van der Waals surface area contributed by atoms with Gasteiger partial charge in [0.25, 0.3) is 0 Å². The van der Waals surface area contributed by atoms with Crippen LogP contribution >= 0.6 is 11.3 Å². The number of methoxy groups -OCH3 is 1. The largest absolute Gasteiger partial charge is 0.497 e. The standard InChI is InChI=1S/C22H26N2O5S2/c1-13(2)24-18-8-7-15(11-20(18)30-21(24)25)31(26,27)23-17-12-22(3,4)29-19-9-6-14(28-5)10-16(17)19/h6-11,13,17,23H,12H2,1-5H3. The maximum absolute atomic E-state index is 13.3. The normalized spacial score (nSPS) is 18.1. The summed E-state index contributed by atoms with van der Waals surface area (Å²) < 4.78 is 43.1. The molecule has 2 heterocycles. The van der Waals surface area contributed by atoms with Crippen LogP contribution in [0.15, 0.2) is 46.1 Å². The van der Waals surface area contributed by atoms with Gasteiger partial charge < -0.3 is 9.47 Å². The third kappa shape index (κ3) is 4.09. The van der Waals surface area contributed by atoms with Gasteiger partial charge in [0.1, 0.15) is 17.1 Å². The van der Waals surface area contributed by atoms with Crippen LogP contribution < -0.4 is 19.1 Å². The second-order valence-electron chi connectivity index (χ2n) is 8.60. The monoisotopic (exact) mass is 462 g/mol. The number of sulfonamides is 1. The van der Waals surface area contributed by atoms with Gasteiger partial charge in [0.15, 0.2) is 0 Å². The van der Waals surface area contributed by atoms with Gasteiger partial charge in [-0.25, -0.2) is 13.1 Å². The number of ether oxygens (including phenoxy) is 2. The fourth-order valence-electron chi connectivity index (χ4n) is 3.99. The van der Waals surface area contributed by atoms with E-state index in [1.165, 1.54) is 0 Å². The summed E-state index contributed by atoms with van der Waals surface area (Å²) in [6, 6.07) is 9.73. The Morgan fingerprint density at radius 2 is 1.97 bits per heavy atom. The predicted molar refractivity (Wildman–Crippen MR) is 122 cm³/mol. The van der Waals surface area contributed by atoms with E-state index in [1.54, 1.807) is 48.1 Å². The SMILES string of the molecule is COc1ccc2c(c1)C(NS(=O)(=O)c1ccc3c(c1)sc(=O)n3C(C)C)CC(C)(C)O2. The zero-order valence-electron chi connectivity index (χ0n) is 18.1. The maximum Gasteiger partial charge on any atom is 0.308 e. The van der Waals surface area contributed by atoms with E-state index in [9.17, 15) is 13.2 Å². The van der Waals surface area contributed by atoms with Crippen LogP contribution in [0.2, 0.25) is 0 Å². The zero-order valence-corrected chi connectivity index (χ0v) is 19.8. The van der Waals surface area contributed by atoms with Crippen LogP contribution in [0.5, 0.6) is 11.5 Å². The molecule has 166 valence electrons. The summed E-state index contributed by atoms with van der Waals surface area (Å²) in [7, 11) is -2.27. The molecule has 1 aliphatic heterocycles. The molecule has 0 fully saturated rings. The Bertz CT molecular complexity index is 1310. The Balaban J connectivity index is 1.73. The summed E-state index contributed by atoms with van der Waals surface area (Å²) in [6.45, 7) is 7.72. The van der Waals surface area contributed by atoms with Crippen LogP contribution in [0, 0.1) is 0 Å². The lowest BCUT2D eigenvalue weighted by Crippen LogP contribution is -2.41. The van der Waals surface area contributed by atoms with Gasteiger partial charge >= 0.3 is 4.87 Å². The summed E-state index contributed by atoms with van der Waals surface area (Å²) in [5.41, 5.74) is 0.942. The Morgan fingerprint density at radius 1 is 1.23 bits per heavy atom. The minimum Gasteiger partial charge on any atom is -0.497 e. The first-order valence-corrected chi connectivity index (χ1v) is 12.3. The lowest BCUT2D eigenvalue weighted by atomic mass is 9.90. The third-order valence-electron chi connectivity index (χ3n) is 5.38. The molecule has 1 atom stereocenters. The van der Waals surface area contributed by atoms with E-state index in [0.29, 0.717) is 22.6 Å². The van der Waals surface area contributed by atoms with Crippen molar-refractivity contribution in [3.05, 3.63) is 51.6 Å². The first-order valence-electron chi connectivity index (χ1n) is 10.0. The smallest absolute Gasteiger partial charge is 0.308 e. The van der Waals surface area contributed by atoms with Crippen molar-refractivity contribution in [2.45, 2.75) is 56.7 Å². The molecule has 0 saturated heterocycles. The van der Waals surface area contributed by atoms with Crippen LogP contribution in [-0.2, 0) is 10.0 Å². The highest BCUT2D eigenvalue weighted by Gasteiger charge is 2.36. The van der Waals surface area contributed by atoms with Gasteiger partial charge in [-0.3, -0.25) is 9.36 Å². The number of hydrogen-bond donors (Lipinski definition) is 1. The van der Waals surface area contributed by atoms with E-state index in [-0.39, 0.29) is 15.8 Å². The van der Waals surface area contributed by atoms with Crippen LogP contribution in [0.4, 0.5) is 0 Å². The molecule has 9 heteroatoms. The van der Waals surface area contributed by atoms with Crippen molar-refractivity contribution in [3.8, 4) is 11.5 Å². The number of rotatable bonds is 5. The van der Waals surface area contributed by atoms with Gasteiger partial charge in [-0.2, -0.15) is 0 Å². The summed E-state index contributed by atoms with van der Waals surface area (Å²) >= 11 is 1.06. The molecule has 0 amide bonds. The number of nitrogens with one attached hydrogen (secondary N) is 1. The fraction of sp³-hybridized carbons (Fsp3) is 0.409. The molecule has 3 aromatic rings. The van der Waals surface area contributed by atoms with Crippen molar-refractivity contribution in [2.24, 2.45) is 0 Å². The van der Waals surface area contributed by atoms with Crippen molar-refractivity contribution in [1.29, 1.82) is 0 Å². The average Bonchev–Trinajstić information content (AvgIpc) is 3.01. The predicted octanol–water partition coefficient (Wildman–Crippen LogP) is 4.23. The van der Waals surface area contributed by atoms with Gasteiger partial charge in [-0.1, -0.05) is 11.3 Å². The number of fused-ring (bicyclic) bond motifs is 2. The van der Waals surface area contributed by atoms with E-state index in [2.05, 4.69) is 4.72 Å². The van der Waals surface area contributed by atoms with Crippen molar-refractivity contribution in [1.82, 2.24) is 9.29 Å². The maximum atomic E-state index is 13.3. The Morgan fingerprint density at radius 3 is 2.65 bits per heavy atom. The molecular weight excluding hydrogens is 436 g/mol. The van der Waals surface area contributed by atoms with Gasteiger partial charge in [0.05, 0.1) is 28.3 Å². The van der Waals surface area contributed by atoms with Crippen LogP contribution in [0.1, 0.15) is 51.8 Å². The van der Waals surface area contributed by atoms with Gasteiger partial charge in [-0.05, 0) is 64.1 Å². The molecule has 0 aliphatic carbocycles. The molecule has 0 bridgehead atoms. The highest BCUT2D eigenvalue weighted by Crippen LogP contribution is 2.41. The van der Waals surface area contributed by atoms with Gasteiger partial charge in [-0.15, -0.1) is 0 Å². The molecule has 7 nitrogen and oxygen atoms in total. The molecule has 1 aliphatic rings. The third-order valence-corrected chi connectivity index (χ3v) is 7.77. The molecule has 2 aromatic carbocycles. The summed E-state index contributed by atoms with van der Waals surface area (Å²) in [5.74, 6) is 1.26. The molecule has 1 N–H and O–H groups in total. The number of hydrogen-bond acceptors (Lipinski definition) is 6. The van der Waals surface area contributed by atoms with E-state index in [1.807, 2.05) is 27.7 Å². The molecule has 4 rings (SSSR count). The molecule has 0 spiro atoms. The Kier molecular flexibility index (Phi) is 5.39. The van der Waals surface area contributed by atoms with Crippen LogP contribution in [0.3, 0.4) is 0 Å². The molecular formula is C22H26N2O5S2. The quantitative estimate of drug-likeness (QED) is 0.613. The lowest BCUT2D eigenvalue weighted by Gasteiger charge is -2.37.